The molecular formula is C20H14O5. The van der Waals surface area contributed by atoms with Crippen LogP contribution >= 0.6 is 0 Å². The predicted molar refractivity (Wildman–Crippen MR) is 91.2 cm³/mol. The lowest BCUT2D eigenvalue weighted by molar-refractivity contribution is 0.0974. The number of phenols is 2. The van der Waals surface area contributed by atoms with E-state index in [1.54, 1.807) is 37.3 Å². The minimum absolute atomic E-state index is 0.112. The van der Waals surface area contributed by atoms with Gasteiger partial charge < -0.3 is 15.3 Å². The molecule has 0 saturated carbocycles. The van der Waals surface area contributed by atoms with Crippen LogP contribution in [0.15, 0.2) is 42.5 Å². The van der Waals surface area contributed by atoms with E-state index in [1.165, 1.54) is 12.1 Å². The molecule has 0 heterocycles. The minimum Gasteiger partial charge on any atom is -0.506 e. The first-order chi connectivity index (χ1) is 11.9. The van der Waals surface area contributed by atoms with E-state index in [9.17, 15) is 24.9 Å². The van der Waals surface area contributed by atoms with Crippen molar-refractivity contribution in [1.29, 1.82) is 0 Å². The maximum atomic E-state index is 12.9. The van der Waals surface area contributed by atoms with Gasteiger partial charge in [-0.1, -0.05) is 30.3 Å². The Morgan fingerprint density at radius 2 is 1.32 bits per heavy atom. The number of aromatic hydroxyl groups is 2. The molecule has 0 aromatic heterocycles. The first kappa shape index (κ1) is 15.4. The van der Waals surface area contributed by atoms with Gasteiger partial charge in [-0.3, -0.25) is 9.59 Å². The number of benzene rings is 3. The normalized spacial score (nSPS) is 14.3. The van der Waals surface area contributed by atoms with Gasteiger partial charge in [0.15, 0.2) is 11.6 Å². The summed E-state index contributed by atoms with van der Waals surface area (Å²) in [6.07, 6.45) is -0.798. The molecule has 0 radical (unpaired) electrons. The van der Waals surface area contributed by atoms with Crippen molar-refractivity contribution in [2.45, 2.75) is 13.0 Å². The molecule has 0 aliphatic heterocycles. The van der Waals surface area contributed by atoms with E-state index in [-0.39, 0.29) is 33.8 Å². The number of ketones is 2. The SMILES string of the molecule is CC(O)c1ccc2c(c1)C(=O)c1c(c(O)c3ccccc3c1O)C2=O. The van der Waals surface area contributed by atoms with Crippen LogP contribution in [0.1, 0.15) is 50.4 Å². The zero-order valence-electron chi connectivity index (χ0n) is 13.3. The Bertz CT molecular complexity index is 1080. The predicted octanol–water partition coefficient (Wildman–Crippen LogP) is 3.08. The van der Waals surface area contributed by atoms with Crippen LogP contribution in [0, 0.1) is 0 Å². The van der Waals surface area contributed by atoms with Gasteiger partial charge in [0.05, 0.1) is 17.2 Å². The molecule has 1 atom stereocenters. The van der Waals surface area contributed by atoms with Crippen LogP contribution in [0.2, 0.25) is 0 Å². The summed E-state index contributed by atoms with van der Waals surface area (Å²) in [6.45, 7) is 1.56. The number of aliphatic hydroxyl groups is 1. The Balaban J connectivity index is 2.09. The van der Waals surface area contributed by atoms with E-state index < -0.39 is 17.7 Å². The second-order valence-electron chi connectivity index (χ2n) is 6.13. The van der Waals surface area contributed by atoms with E-state index >= 15 is 0 Å². The topological polar surface area (TPSA) is 94.8 Å². The van der Waals surface area contributed by atoms with Crippen LogP contribution in [0.4, 0.5) is 0 Å². The van der Waals surface area contributed by atoms with Crippen LogP contribution in [0.5, 0.6) is 11.5 Å². The maximum absolute atomic E-state index is 12.9. The lowest BCUT2D eigenvalue weighted by Crippen LogP contribution is -2.22. The second-order valence-corrected chi connectivity index (χ2v) is 6.13. The smallest absolute Gasteiger partial charge is 0.198 e. The monoisotopic (exact) mass is 334 g/mol. The van der Waals surface area contributed by atoms with Crippen LogP contribution in [0.25, 0.3) is 10.8 Å². The van der Waals surface area contributed by atoms with Crippen LogP contribution < -0.4 is 0 Å². The number of rotatable bonds is 1. The average molecular weight is 334 g/mol. The Morgan fingerprint density at radius 3 is 1.84 bits per heavy atom. The molecule has 3 aromatic rings. The summed E-state index contributed by atoms with van der Waals surface area (Å²) >= 11 is 0. The fraction of sp³-hybridized carbons (Fsp3) is 0.100. The Hall–Kier alpha value is -3.18. The van der Waals surface area contributed by atoms with Gasteiger partial charge in [0.1, 0.15) is 11.5 Å². The van der Waals surface area contributed by atoms with Crippen molar-refractivity contribution in [3.63, 3.8) is 0 Å². The van der Waals surface area contributed by atoms with Crippen LogP contribution in [0.3, 0.4) is 0 Å². The number of fused-ring (bicyclic) bond motifs is 3. The number of hydrogen-bond acceptors (Lipinski definition) is 5. The molecular weight excluding hydrogens is 320 g/mol. The molecule has 0 saturated heterocycles. The largest absolute Gasteiger partial charge is 0.506 e. The molecule has 3 aromatic carbocycles. The summed E-state index contributed by atoms with van der Waals surface area (Å²) in [4.78, 5) is 25.8. The van der Waals surface area contributed by atoms with Crippen molar-refractivity contribution in [3.8, 4) is 11.5 Å². The van der Waals surface area contributed by atoms with Gasteiger partial charge >= 0.3 is 0 Å². The first-order valence-corrected chi connectivity index (χ1v) is 7.80. The van der Waals surface area contributed by atoms with E-state index in [0.717, 1.165) is 0 Å². The average Bonchev–Trinajstić information content (AvgIpc) is 2.62. The zero-order valence-corrected chi connectivity index (χ0v) is 13.3. The van der Waals surface area contributed by atoms with E-state index in [1.807, 2.05) is 0 Å². The van der Waals surface area contributed by atoms with E-state index in [4.69, 9.17) is 0 Å². The van der Waals surface area contributed by atoms with Gasteiger partial charge in [-0.2, -0.15) is 0 Å². The molecule has 25 heavy (non-hydrogen) atoms. The number of phenolic OH excluding ortho intramolecular Hbond substituents is 2. The molecule has 5 heteroatoms. The van der Waals surface area contributed by atoms with E-state index in [2.05, 4.69) is 0 Å². The van der Waals surface area contributed by atoms with Gasteiger partial charge in [0.25, 0.3) is 0 Å². The summed E-state index contributed by atoms with van der Waals surface area (Å²) in [5.41, 5.74) is 0.371. The molecule has 0 spiro atoms. The number of carbonyl (C=O) groups is 2. The summed E-state index contributed by atoms with van der Waals surface area (Å²) < 4.78 is 0. The third-order valence-corrected chi connectivity index (χ3v) is 4.63. The van der Waals surface area contributed by atoms with Gasteiger partial charge in [0, 0.05) is 21.9 Å². The summed E-state index contributed by atoms with van der Waals surface area (Å²) in [7, 11) is 0. The molecule has 0 amide bonds. The molecule has 1 aliphatic rings. The highest BCUT2D eigenvalue weighted by Gasteiger charge is 2.36. The van der Waals surface area contributed by atoms with Gasteiger partial charge in [-0.25, -0.2) is 0 Å². The van der Waals surface area contributed by atoms with Crippen molar-refractivity contribution < 1.29 is 24.9 Å². The fourth-order valence-corrected chi connectivity index (χ4v) is 3.32. The molecule has 1 aliphatic carbocycles. The standard InChI is InChI=1S/C20H14O5/c1-9(21)10-6-7-13-14(8-10)20(25)16-15(19(13)24)17(22)11-4-2-3-5-12(11)18(16)23/h2-9,21-23H,1H3. The van der Waals surface area contributed by atoms with Crippen molar-refractivity contribution in [2.75, 3.05) is 0 Å². The van der Waals surface area contributed by atoms with Crippen molar-refractivity contribution >= 4 is 22.3 Å². The maximum Gasteiger partial charge on any atom is 0.198 e. The minimum atomic E-state index is -0.798. The molecule has 1 unspecified atom stereocenters. The Morgan fingerprint density at radius 1 is 0.800 bits per heavy atom. The highest BCUT2D eigenvalue weighted by atomic mass is 16.3. The number of aliphatic hydroxyl groups excluding tert-OH is 1. The fourth-order valence-electron chi connectivity index (χ4n) is 3.32. The van der Waals surface area contributed by atoms with Crippen LogP contribution in [-0.2, 0) is 0 Å². The van der Waals surface area contributed by atoms with Crippen molar-refractivity contribution in [1.82, 2.24) is 0 Å². The van der Waals surface area contributed by atoms with Gasteiger partial charge in [-0.15, -0.1) is 0 Å². The lowest BCUT2D eigenvalue weighted by Gasteiger charge is -2.22. The van der Waals surface area contributed by atoms with Gasteiger partial charge in [-0.05, 0) is 24.6 Å². The molecule has 5 nitrogen and oxygen atoms in total. The Labute approximate surface area is 142 Å². The molecule has 3 N–H and O–H groups in total. The third-order valence-electron chi connectivity index (χ3n) is 4.63. The molecule has 4 rings (SSSR count). The molecule has 0 fully saturated rings. The Kier molecular flexibility index (Phi) is 3.17. The van der Waals surface area contributed by atoms with Gasteiger partial charge in [0.2, 0.25) is 0 Å². The molecule has 0 bridgehead atoms. The quantitative estimate of drug-likeness (QED) is 0.465. The number of carbonyl (C=O) groups excluding carboxylic acids is 2. The molecule has 124 valence electrons. The van der Waals surface area contributed by atoms with Crippen molar-refractivity contribution in [2.24, 2.45) is 0 Å². The van der Waals surface area contributed by atoms with Crippen LogP contribution in [-0.4, -0.2) is 26.9 Å². The second kappa shape index (κ2) is 5.16. The highest BCUT2D eigenvalue weighted by Crippen LogP contribution is 2.44. The summed E-state index contributed by atoms with van der Waals surface area (Å²) in [6, 6.07) is 11.0. The highest BCUT2D eigenvalue weighted by molar-refractivity contribution is 6.32. The summed E-state index contributed by atoms with van der Waals surface area (Å²) in [5.74, 6) is -1.71. The first-order valence-electron chi connectivity index (χ1n) is 7.80. The van der Waals surface area contributed by atoms with E-state index in [0.29, 0.717) is 16.3 Å². The summed E-state index contributed by atoms with van der Waals surface area (Å²) in [5, 5.41) is 31.5. The number of hydrogen-bond donors (Lipinski definition) is 3. The zero-order chi connectivity index (χ0) is 17.9. The van der Waals surface area contributed by atoms with Crippen molar-refractivity contribution in [3.05, 3.63) is 70.3 Å². The third kappa shape index (κ3) is 1.99. The lowest BCUT2D eigenvalue weighted by atomic mass is 9.80.